The Morgan fingerprint density at radius 1 is 1.07 bits per heavy atom. The predicted octanol–water partition coefficient (Wildman–Crippen LogP) is 3.67. The Balaban J connectivity index is 1.37. The number of ether oxygens (including phenoxy) is 5. The lowest BCUT2D eigenvalue weighted by molar-refractivity contribution is -0.136. The highest BCUT2D eigenvalue weighted by Crippen LogP contribution is 2.35. The van der Waals surface area contributed by atoms with Crippen molar-refractivity contribution in [2.45, 2.75) is 32.7 Å². The topological polar surface area (TPSA) is 173 Å². The van der Waals surface area contributed by atoms with Crippen molar-refractivity contribution in [1.29, 1.82) is 5.26 Å². The smallest absolute Gasteiger partial charge is 0.337 e. The third kappa shape index (κ3) is 8.25. The summed E-state index contributed by atoms with van der Waals surface area (Å²) in [6.07, 6.45) is 0.332. The molecule has 0 spiro atoms. The number of amides is 2. The molecule has 1 aliphatic rings. The van der Waals surface area contributed by atoms with Gasteiger partial charge in [-0.3, -0.25) is 5.43 Å². The predicted molar refractivity (Wildman–Crippen MR) is 167 cm³/mol. The molecule has 2 atom stereocenters. The van der Waals surface area contributed by atoms with Crippen molar-refractivity contribution in [3.8, 4) is 29.1 Å². The van der Waals surface area contributed by atoms with Crippen LogP contribution in [0.25, 0.3) is 0 Å². The van der Waals surface area contributed by atoms with E-state index in [2.05, 4.69) is 27.2 Å². The fourth-order valence-electron chi connectivity index (χ4n) is 4.61. The van der Waals surface area contributed by atoms with E-state index in [-0.39, 0.29) is 18.8 Å². The van der Waals surface area contributed by atoms with Gasteiger partial charge in [0.2, 0.25) is 0 Å². The molecule has 46 heavy (non-hydrogen) atoms. The molecule has 0 bridgehead atoms. The van der Waals surface area contributed by atoms with E-state index in [1.54, 1.807) is 62.4 Å². The molecule has 0 unspecified atom stereocenters. The Morgan fingerprint density at radius 3 is 2.57 bits per heavy atom. The number of nitrogens with zero attached hydrogens (tertiary/aromatic N) is 2. The zero-order chi connectivity index (χ0) is 33.1. The van der Waals surface area contributed by atoms with E-state index < -0.39 is 24.3 Å². The lowest BCUT2D eigenvalue weighted by Crippen LogP contribution is -2.45. The summed E-state index contributed by atoms with van der Waals surface area (Å²) in [6.45, 7) is 3.78. The molecule has 240 valence electrons. The summed E-state index contributed by atoms with van der Waals surface area (Å²) in [6, 6.07) is 18.3. The first-order valence-electron chi connectivity index (χ1n) is 14.3. The van der Waals surface area contributed by atoms with Crippen LogP contribution in [0.5, 0.6) is 23.0 Å². The van der Waals surface area contributed by atoms with Crippen molar-refractivity contribution in [3.05, 3.63) is 94.2 Å². The van der Waals surface area contributed by atoms with E-state index in [0.29, 0.717) is 52.0 Å². The van der Waals surface area contributed by atoms with Gasteiger partial charge in [0.1, 0.15) is 13.2 Å². The second kappa shape index (κ2) is 15.8. The Hall–Kier alpha value is -5.74. The monoisotopic (exact) mass is 629 g/mol. The summed E-state index contributed by atoms with van der Waals surface area (Å²) in [5, 5.41) is 29.1. The number of hydrogen-bond acceptors (Lipinski definition) is 11. The van der Waals surface area contributed by atoms with Crippen molar-refractivity contribution >= 4 is 18.2 Å². The molecule has 4 rings (SSSR count). The van der Waals surface area contributed by atoms with Crippen LogP contribution in [-0.2, 0) is 16.1 Å². The first kappa shape index (κ1) is 33.2. The summed E-state index contributed by atoms with van der Waals surface area (Å²) in [4.78, 5) is 24.6. The van der Waals surface area contributed by atoms with Crippen LogP contribution >= 0.6 is 0 Å². The highest BCUT2D eigenvalue weighted by molar-refractivity contribution is 5.95. The first-order chi connectivity index (χ1) is 22.3. The van der Waals surface area contributed by atoms with Crippen molar-refractivity contribution in [2.24, 2.45) is 5.10 Å². The molecule has 0 saturated carbocycles. The molecule has 1 aliphatic heterocycles. The first-order valence-corrected chi connectivity index (χ1v) is 14.3. The highest BCUT2D eigenvalue weighted by Gasteiger charge is 2.32. The molecule has 0 radical (unpaired) electrons. The molecule has 13 heteroatoms. The molecule has 0 fully saturated rings. The van der Waals surface area contributed by atoms with Crippen LogP contribution < -0.4 is 35.0 Å². The number of methoxy groups -OCH3 is 2. The minimum atomic E-state index is -1.17. The number of rotatable bonds is 14. The Morgan fingerprint density at radius 2 is 1.83 bits per heavy atom. The lowest BCUT2D eigenvalue weighted by Gasteiger charge is -2.28. The van der Waals surface area contributed by atoms with Gasteiger partial charge in [0.05, 0.1) is 50.3 Å². The molecular weight excluding hydrogens is 594 g/mol. The fourth-order valence-corrected chi connectivity index (χ4v) is 4.61. The van der Waals surface area contributed by atoms with E-state index in [4.69, 9.17) is 23.7 Å². The minimum Gasteiger partial charge on any atom is -0.493 e. The van der Waals surface area contributed by atoms with Crippen LogP contribution in [0.2, 0.25) is 0 Å². The van der Waals surface area contributed by atoms with Gasteiger partial charge in [-0.25, -0.2) is 9.59 Å². The van der Waals surface area contributed by atoms with Gasteiger partial charge < -0.3 is 39.4 Å². The average Bonchev–Trinajstić information content (AvgIpc) is 3.06. The number of urea groups is 1. The number of benzene rings is 3. The molecule has 3 aromatic rings. The Bertz CT molecular complexity index is 1670. The molecule has 3 aromatic carbocycles. The summed E-state index contributed by atoms with van der Waals surface area (Å²) < 4.78 is 27.8. The largest absolute Gasteiger partial charge is 0.493 e. The fraction of sp³-hybridized carbons (Fsp3) is 0.273. The SMILES string of the molecule is CCOc1cc([C@@H]2NC(=O)NC(C)=C2C(=O)OC)ccc1OC[C@H](O)N/N=C\c1ccc(OCc2ccccc2C#N)c(OC)c1. The van der Waals surface area contributed by atoms with Crippen LogP contribution in [0.1, 0.15) is 42.1 Å². The van der Waals surface area contributed by atoms with E-state index >= 15 is 0 Å². The van der Waals surface area contributed by atoms with Gasteiger partial charge in [0, 0.05) is 11.3 Å². The van der Waals surface area contributed by atoms with Crippen molar-refractivity contribution in [2.75, 3.05) is 27.4 Å². The number of nitrogens with one attached hydrogen (secondary N) is 3. The molecule has 2 amide bonds. The van der Waals surface area contributed by atoms with E-state index in [9.17, 15) is 20.0 Å². The molecule has 0 aromatic heterocycles. The number of aliphatic hydroxyl groups excluding tert-OH is 1. The zero-order valence-corrected chi connectivity index (χ0v) is 25.8. The molecule has 4 N–H and O–H groups in total. The zero-order valence-electron chi connectivity index (χ0n) is 25.8. The normalized spacial score (nSPS) is 14.9. The van der Waals surface area contributed by atoms with Gasteiger partial charge in [0.25, 0.3) is 0 Å². The van der Waals surface area contributed by atoms with Crippen LogP contribution in [0.4, 0.5) is 4.79 Å². The van der Waals surface area contributed by atoms with E-state index in [1.807, 2.05) is 12.1 Å². The number of carbonyl (C=O) groups is 2. The second-order valence-corrected chi connectivity index (χ2v) is 9.88. The molecule has 13 nitrogen and oxygen atoms in total. The average molecular weight is 630 g/mol. The quantitative estimate of drug-likeness (QED) is 0.0892. The number of carbonyl (C=O) groups excluding carboxylic acids is 2. The van der Waals surface area contributed by atoms with Gasteiger partial charge in [-0.15, -0.1) is 0 Å². The number of nitriles is 1. The summed E-state index contributed by atoms with van der Waals surface area (Å²) in [5.41, 5.74) is 5.81. The van der Waals surface area contributed by atoms with Crippen LogP contribution in [0.3, 0.4) is 0 Å². The minimum absolute atomic E-state index is 0.173. The molecule has 0 saturated heterocycles. The van der Waals surface area contributed by atoms with E-state index in [0.717, 1.165) is 5.56 Å². The van der Waals surface area contributed by atoms with Gasteiger partial charge in [0.15, 0.2) is 29.2 Å². The Labute approximate surface area is 266 Å². The maximum atomic E-state index is 12.4. The summed E-state index contributed by atoms with van der Waals surface area (Å²) >= 11 is 0. The molecule has 1 heterocycles. The standard InChI is InChI=1S/C33H35N5O8/c1-5-44-28-15-22(31-30(32(40)43-4)20(2)36-33(41)37-31)11-13-26(28)46-19-29(39)38-35-17-21-10-12-25(27(14-21)42-3)45-18-24-9-7-6-8-23(24)16-34/h6-15,17,29,31,38-39H,5,18-19H2,1-4H3,(H2,36,37,41)/b35-17-/t29-,31-/m0/s1. The number of aliphatic hydroxyl groups is 1. The second-order valence-electron chi connectivity index (χ2n) is 9.88. The third-order valence-electron chi connectivity index (χ3n) is 6.82. The van der Waals surface area contributed by atoms with Crippen LogP contribution in [0, 0.1) is 11.3 Å². The van der Waals surface area contributed by atoms with Gasteiger partial charge in [-0.1, -0.05) is 24.3 Å². The van der Waals surface area contributed by atoms with Crippen LogP contribution in [0.15, 0.2) is 77.0 Å². The van der Waals surface area contributed by atoms with Crippen molar-refractivity contribution in [1.82, 2.24) is 16.1 Å². The number of esters is 1. The number of allylic oxidation sites excluding steroid dienone is 1. The molecular formula is C33H35N5O8. The maximum absolute atomic E-state index is 12.4. The number of hydrazone groups is 1. The van der Waals surface area contributed by atoms with E-state index in [1.165, 1.54) is 20.4 Å². The Kier molecular flexibility index (Phi) is 11.4. The number of hydrogen-bond donors (Lipinski definition) is 4. The lowest BCUT2D eigenvalue weighted by atomic mass is 9.95. The third-order valence-corrected chi connectivity index (χ3v) is 6.82. The van der Waals surface area contributed by atoms with Crippen molar-refractivity contribution < 1.29 is 38.4 Å². The van der Waals surface area contributed by atoms with Gasteiger partial charge in [-0.05, 0) is 61.4 Å². The van der Waals surface area contributed by atoms with Crippen LogP contribution in [-0.4, -0.2) is 57.0 Å². The maximum Gasteiger partial charge on any atom is 0.337 e. The highest BCUT2D eigenvalue weighted by atomic mass is 16.5. The van der Waals surface area contributed by atoms with Gasteiger partial charge in [-0.2, -0.15) is 10.4 Å². The molecule has 0 aliphatic carbocycles. The van der Waals surface area contributed by atoms with Crippen molar-refractivity contribution in [3.63, 3.8) is 0 Å². The summed E-state index contributed by atoms with van der Waals surface area (Å²) in [7, 11) is 2.79. The van der Waals surface area contributed by atoms with Gasteiger partial charge >= 0.3 is 12.0 Å². The summed E-state index contributed by atoms with van der Waals surface area (Å²) in [5.74, 6) is 1.09.